The fourth-order valence-corrected chi connectivity index (χ4v) is 1.95. The molecule has 0 aliphatic carbocycles. The molecule has 0 heterocycles. The first kappa shape index (κ1) is 14.8. The minimum Gasteiger partial charge on any atom is -0.487 e. The van der Waals surface area contributed by atoms with Crippen LogP contribution in [0.2, 0.25) is 5.02 Å². The van der Waals surface area contributed by atoms with Crippen molar-refractivity contribution in [2.75, 3.05) is 0 Å². The number of oxime groups is 1. The van der Waals surface area contributed by atoms with E-state index in [1.54, 1.807) is 30.3 Å². The Morgan fingerprint density at radius 3 is 2.81 bits per heavy atom. The van der Waals surface area contributed by atoms with Crippen LogP contribution in [0, 0.1) is 10.1 Å². The minimum atomic E-state index is -0.459. The van der Waals surface area contributed by atoms with E-state index in [1.807, 2.05) is 0 Å². The molecule has 6 nitrogen and oxygen atoms in total. The van der Waals surface area contributed by atoms with Crippen molar-refractivity contribution < 1.29 is 14.9 Å². The predicted molar refractivity (Wildman–Crippen MR) is 78.3 cm³/mol. The van der Waals surface area contributed by atoms with Gasteiger partial charge in [-0.05, 0) is 29.3 Å². The van der Waals surface area contributed by atoms with Gasteiger partial charge >= 0.3 is 0 Å². The zero-order chi connectivity index (χ0) is 15.2. The predicted octanol–water partition coefficient (Wildman–Crippen LogP) is 3.64. The second-order valence-electron chi connectivity index (χ2n) is 4.15. The number of nitro benzene ring substituents is 1. The molecule has 0 aromatic heterocycles. The number of ether oxygens (including phenoxy) is 1. The largest absolute Gasteiger partial charge is 0.487 e. The monoisotopic (exact) mass is 306 g/mol. The normalized spacial score (nSPS) is 10.7. The molecule has 2 rings (SSSR count). The Labute approximate surface area is 125 Å². The van der Waals surface area contributed by atoms with Gasteiger partial charge in [-0.2, -0.15) is 0 Å². The lowest BCUT2D eigenvalue weighted by Gasteiger charge is -2.08. The van der Waals surface area contributed by atoms with E-state index in [1.165, 1.54) is 18.3 Å². The van der Waals surface area contributed by atoms with Gasteiger partial charge in [-0.25, -0.2) is 0 Å². The maximum atomic E-state index is 10.7. The summed E-state index contributed by atoms with van der Waals surface area (Å²) in [7, 11) is 0. The summed E-state index contributed by atoms with van der Waals surface area (Å²) in [5.74, 6) is 0.443. The van der Waals surface area contributed by atoms with E-state index in [0.29, 0.717) is 21.9 Å². The zero-order valence-electron chi connectivity index (χ0n) is 10.8. The smallest absolute Gasteiger partial charge is 0.269 e. The molecule has 2 aromatic carbocycles. The molecular weight excluding hydrogens is 296 g/mol. The molecule has 1 N–H and O–H groups in total. The summed E-state index contributed by atoms with van der Waals surface area (Å²) in [6.45, 7) is 0.162. The van der Waals surface area contributed by atoms with Gasteiger partial charge in [0.15, 0.2) is 0 Å². The molecule has 0 fully saturated rings. The fourth-order valence-electron chi connectivity index (χ4n) is 1.70. The van der Waals surface area contributed by atoms with Gasteiger partial charge in [0.1, 0.15) is 12.4 Å². The highest BCUT2D eigenvalue weighted by Crippen LogP contribution is 2.26. The SMILES string of the molecule is O=[N+]([O-])c1cccc(COc2ccc(/C=N\O)cc2Cl)c1. The summed E-state index contributed by atoms with van der Waals surface area (Å²) in [6.07, 6.45) is 1.25. The van der Waals surface area contributed by atoms with Gasteiger partial charge in [0.2, 0.25) is 0 Å². The molecule has 21 heavy (non-hydrogen) atoms. The summed E-state index contributed by atoms with van der Waals surface area (Å²) >= 11 is 6.04. The van der Waals surface area contributed by atoms with Gasteiger partial charge in [0.05, 0.1) is 16.2 Å². The molecule has 0 atom stereocenters. The number of nitrogens with zero attached hydrogens (tertiary/aromatic N) is 2. The van der Waals surface area contributed by atoms with Crippen molar-refractivity contribution >= 4 is 23.5 Å². The van der Waals surface area contributed by atoms with E-state index in [-0.39, 0.29) is 12.3 Å². The van der Waals surface area contributed by atoms with Gasteiger partial charge in [-0.3, -0.25) is 10.1 Å². The van der Waals surface area contributed by atoms with Crippen LogP contribution in [0.15, 0.2) is 47.6 Å². The minimum absolute atomic E-state index is 0.0108. The van der Waals surface area contributed by atoms with Gasteiger partial charge in [-0.15, -0.1) is 0 Å². The molecule has 0 saturated heterocycles. The van der Waals surface area contributed by atoms with Crippen LogP contribution in [0.3, 0.4) is 0 Å². The second-order valence-corrected chi connectivity index (χ2v) is 4.56. The third-order valence-corrected chi connectivity index (χ3v) is 2.97. The molecule has 0 amide bonds. The molecule has 2 aromatic rings. The summed E-state index contributed by atoms with van der Waals surface area (Å²) in [6, 6.07) is 11.1. The first-order valence-electron chi connectivity index (χ1n) is 5.93. The highest BCUT2D eigenvalue weighted by molar-refractivity contribution is 6.32. The zero-order valence-corrected chi connectivity index (χ0v) is 11.5. The lowest BCUT2D eigenvalue weighted by Crippen LogP contribution is -1.97. The molecule has 0 radical (unpaired) electrons. The number of non-ortho nitro benzene ring substituents is 1. The highest BCUT2D eigenvalue weighted by Gasteiger charge is 2.07. The van der Waals surface area contributed by atoms with Gasteiger partial charge < -0.3 is 9.94 Å². The maximum absolute atomic E-state index is 10.7. The molecule has 0 spiro atoms. The standard InChI is InChI=1S/C14H11ClN2O4/c15-13-7-10(8-16-18)4-5-14(13)21-9-11-2-1-3-12(6-11)17(19)20/h1-8,18H,9H2/b16-8-. The average molecular weight is 307 g/mol. The van der Waals surface area contributed by atoms with Crippen LogP contribution in [-0.2, 0) is 6.61 Å². The van der Waals surface area contributed by atoms with E-state index in [0.717, 1.165) is 0 Å². The summed E-state index contributed by atoms with van der Waals surface area (Å²) < 4.78 is 5.53. The van der Waals surface area contributed by atoms with Crippen LogP contribution in [0.25, 0.3) is 0 Å². The van der Waals surface area contributed by atoms with Crippen LogP contribution in [0.5, 0.6) is 5.75 Å². The Morgan fingerprint density at radius 1 is 1.33 bits per heavy atom. The lowest BCUT2D eigenvalue weighted by molar-refractivity contribution is -0.384. The van der Waals surface area contributed by atoms with Crippen LogP contribution < -0.4 is 4.74 Å². The number of nitro groups is 1. The molecule has 0 aliphatic heterocycles. The van der Waals surface area contributed by atoms with Crippen molar-refractivity contribution in [3.63, 3.8) is 0 Å². The molecular formula is C14H11ClN2O4. The average Bonchev–Trinajstić information content (AvgIpc) is 2.47. The van der Waals surface area contributed by atoms with Gasteiger partial charge in [0.25, 0.3) is 5.69 Å². The van der Waals surface area contributed by atoms with E-state index in [2.05, 4.69) is 5.16 Å². The summed E-state index contributed by atoms with van der Waals surface area (Å²) in [5, 5.41) is 22.4. The first-order chi connectivity index (χ1) is 10.1. The van der Waals surface area contributed by atoms with Crippen molar-refractivity contribution in [2.24, 2.45) is 5.16 Å². The Kier molecular flexibility index (Phi) is 4.73. The lowest BCUT2D eigenvalue weighted by atomic mass is 10.2. The van der Waals surface area contributed by atoms with E-state index in [4.69, 9.17) is 21.5 Å². The summed E-state index contributed by atoms with van der Waals surface area (Å²) in [4.78, 5) is 10.2. The van der Waals surface area contributed by atoms with Crippen LogP contribution in [0.1, 0.15) is 11.1 Å². The highest BCUT2D eigenvalue weighted by atomic mass is 35.5. The Hall–Kier alpha value is -2.60. The molecule has 0 bridgehead atoms. The first-order valence-corrected chi connectivity index (χ1v) is 6.31. The van der Waals surface area contributed by atoms with Crippen LogP contribution in [0.4, 0.5) is 5.69 Å². The van der Waals surface area contributed by atoms with Crippen molar-refractivity contribution in [2.45, 2.75) is 6.61 Å². The molecule has 7 heteroatoms. The third-order valence-electron chi connectivity index (χ3n) is 2.68. The summed E-state index contributed by atoms with van der Waals surface area (Å²) in [5.41, 5.74) is 1.31. The molecule has 0 unspecified atom stereocenters. The second kappa shape index (κ2) is 6.71. The molecule has 0 aliphatic rings. The number of benzene rings is 2. The number of hydrogen-bond donors (Lipinski definition) is 1. The number of rotatable bonds is 5. The Bertz CT molecular complexity index is 688. The van der Waals surface area contributed by atoms with Crippen molar-refractivity contribution in [1.82, 2.24) is 0 Å². The van der Waals surface area contributed by atoms with Crippen LogP contribution in [-0.4, -0.2) is 16.3 Å². The van der Waals surface area contributed by atoms with E-state index in [9.17, 15) is 10.1 Å². The number of hydrogen-bond acceptors (Lipinski definition) is 5. The van der Waals surface area contributed by atoms with Gasteiger partial charge in [0, 0.05) is 12.1 Å². The Balaban J connectivity index is 2.09. The van der Waals surface area contributed by atoms with Crippen molar-refractivity contribution in [1.29, 1.82) is 0 Å². The topological polar surface area (TPSA) is 85.0 Å². The van der Waals surface area contributed by atoms with E-state index >= 15 is 0 Å². The van der Waals surface area contributed by atoms with E-state index < -0.39 is 4.92 Å². The number of halogens is 1. The van der Waals surface area contributed by atoms with Crippen molar-refractivity contribution in [3.8, 4) is 5.75 Å². The van der Waals surface area contributed by atoms with Crippen molar-refractivity contribution in [3.05, 3.63) is 68.7 Å². The third kappa shape index (κ3) is 3.93. The fraction of sp³-hybridized carbons (Fsp3) is 0.0714. The van der Waals surface area contributed by atoms with Gasteiger partial charge in [-0.1, -0.05) is 28.9 Å². The Morgan fingerprint density at radius 2 is 2.14 bits per heavy atom. The van der Waals surface area contributed by atoms with Crippen LogP contribution >= 0.6 is 11.6 Å². The molecule has 108 valence electrons. The maximum Gasteiger partial charge on any atom is 0.269 e. The molecule has 0 saturated carbocycles. The quantitative estimate of drug-likeness (QED) is 0.395.